The summed E-state index contributed by atoms with van der Waals surface area (Å²) in [6.45, 7) is 15.4. The van der Waals surface area contributed by atoms with E-state index in [0.717, 1.165) is 5.92 Å². The van der Waals surface area contributed by atoms with Gasteiger partial charge in [0.15, 0.2) is 0 Å². The fraction of sp³-hybridized carbons (Fsp3) is 1.00. The minimum Gasteiger partial charge on any atom is -0.309 e. The molecule has 0 aromatic heterocycles. The molecular formula is C14H34N2. The zero-order valence-electron chi connectivity index (χ0n) is 12.7. The van der Waals surface area contributed by atoms with Crippen molar-refractivity contribution in [3.63, 3.8) is 0 Å². The second-order valence-electron chi connectivity index (χ2n) is 4.14. The lowest BCUT2D eigenvalue weighted by Gasteiger charge is -2.32. The highest BCUT2D eigenvalue weighted by molar-refractivity contribution is 4.72. The molecule has 1 saturated heterocycles. The second kappa shape index (κ2) is 13.0. The van der Waals surface area contributed by atoms with E-state index in [1.54, 1.807) is 0 Å². The van der Waals surface area contributed by atoms with Gasteiger partial charge < -0.3 is 9.80 Å². The third-order valence-corrected chi connectivity index (χ3v) is 2.78. The molecule has 0 aromatic carbocycles. The topological polar surface area (TPSA) is 6.48 Å². The Morgan fingerprint density at radius 3 is 1.75 bits per heavy atom. The molecule has 1 aliphatic rings. The van der Waals surface area contributed by atoms with Gasteiger partial charge >= 0.3 is 0 Å². The van der Waals surface area contributed by atoms with Gasteiger partial charge in [-0.05, 0) is 52.5 Å². The summed E-state index contributed by atoms with van der Waals surface area (Å²) in [7, 11) is 4.35. The largest absolute Gasteiger partial charge is 0.309 e. The van der Waals surface area contributed by atoms with E-state index < -0.39 is 0 Å². The fourth-order valence-electron chi connectivity index (χ4n) is 2.00. The van der Waals surface area contributed by atoms with Gasteiger partial charge in [-0.3, -0.25) is 0 Å². The van der Waals surface area contributed by atoms with Crippen LogP contribution in [-0.2, 0) is 0 Å². The van der Waals surface area contributed by atoms with Crippen LogP contribution in [0.25, 0.3) is 0 Å². The molecule has 0 aromatic rings. The molecule has 0 aliphatic carbocycles. The summed E-state index contributed by atoms with van der Waals surface area (Å²) in [5.41, 5.74) is 0. The number of hydrogen-bond acceptors (Lipinski definition) is 2. The Balaban J connectivity index is 0. The molecule has 0 N–H and O–H groups in total. The third-order valence-electron chi connectivity index (χ3n) is 2.78. The summed E-state index contributed by atoms with van der Waals surface area (Å²) < 4.78 is 0. The maximum absolute atomic E-state index is 2.55. The quantitative estimate of drug-likeness (QED) is 0.734. The zero-order valence-corrected chi connectivity index (χ0v) is 12.7. The molecule has 0 atom stereocenters. The normalized spacial score (nSPS) is 17.2. The van der Waals surface area contributed by atoms with Gasteiger partial charge in [0.05, 0.1) is 0 Å². The van der Waals surface area contributed by atoms with Gasteiger partial charge in [0.2, 0.25) is 0 Å². The molecule has 2 nitrogen and oxygen atoms in total. The van der Waals surface area contributed by atoms with Crippen molar-refractivity contribution in [1.82, 2.24) is 9.80 Å². The first-order valence-electron chi connectivity index (χ1n) is 7.09. The molecule has 0 bridgehead atoms. The Bertz CT molecular complexity index is 116. The van der Waals surface area contributed by atoms with Crippen molar-refractivity contribution in [2.24, 2.45) is 5.92 Å². The molecule has 0 saturated carbocycles. The van der Waals surface area contributed by atoms with Crippen LogP contribution in [0.15, 0.2) is 0 Å². The third kappa shape index (κ3) is 9.17. The highest BCUT2D eigenvalue weighted by atomic mass is 15.1. The number of nitrogens with zero attached hydrogens (tertiary/aromatic N) is 2. The van der Waals surface area contributed by atoms with Crippen LogP contribution in [0.1, 0.15) is 47.5 Å². The number of piperidine rings is 1. The zero-order chi connectivity index (χ0) is 13.0. The molecule has 0 spiro atoms. The summed E-state index contributed by atoms with van der Waals surface area (Å²) >= 11 is 0. The van der Waals surface area contributed by atoms with Crippen molar-refractivity contribution in [2.75, 3.05) is 40.3 Å². The van der Waals surface area contributed by atoms with Crippen LogP contribution in [-0.4, -0.2) is 50.1 Å². The lowest BCUT2D eigenvalue weighted by atomic mass is 9.96. The van der Waals surface area contributed by atoms with Gasteiger partial charge in [0.1, 0.15) is 0 Å². The van der Waals surface area contributed by atoms with E-state index in [2.05, 4.69) is 30.8 Å². The Labute approximate surface area is 104 Å². The first-order chi connectivity index (χ1) is 7.72. The first-order valence-corrected chi connectivity index (χ1v) is 7.09. The van der Waals surface area contributed by atoms with Crippen molar-refractivity contribution >= 4 is 0 Å². The summed E-state index contributed by atoms with van der Waals surface area (Å²) in [4.78, 5) is 4.86. The Morgan fingerprint density at radius 2 is 1.44 bits per heavy atom. The molecule has 1 rings (SSSR count). The van der Waals surface area contributed by atoms with Crippen LogP contribution in [0.2, 0.25) is 0 Å². The van der Waals surface area contributed by atoms with E-state index in [4.69, 9.17) is 0 Å². The van der Waals surface area contributed by atoms with Crippen LogP contribution in [0.4, 0.5) is 0 Å². The molecule has 16 heavy (non-hydrogen) atoms. The Kier molecular flexibility index (Phi) is 14.8. The van der Waals surface area contributed by atoms with Crippen molar-refractivity contribution in [3.05, 3.63) is 0 Å². The van der Waals surface area contributed by atoms with E-state index in [9.17, 15) is 0 Å². The van der Waals surface area contributed by atoms with E-state index in [1.165, 1.54) is 39.0 Å². The van der Waals surface area contributed by atoms with Gasteiger partial charge in [-0.25, -0.2) is 0 Å². The average molecular weight is 230 g/mol. The Hall–Kier alpha value is -0.0800. The summed E-state index contributed by atoms with van der Waals surface area (Å²) in [5, 5.41) is 0. The predicted molar refractivity (Wildman–Crippen MR) is 76.1 cm³/mol. The van der Waals surface area contributed by atoms with Crippen molar-refractivity contribution in [3.8, 4) is 0 Å². The van der Waals surface area contributed by atoms with Crippen LogP contribution in [0, 0.1) is 5.92 Å². The van der Waals surface area contributed by atoms with Crippen molar-refractivity contribution < 1.29 is 0 Å². The highest BCUT2D eigenvalue weighted by Crippen LogP contribution is 2.16. The van der Waals surface area contributed by atoms with Crippen LogP contribution >= 0.6 is 0 Å². The monoisotopic (exact) mass is 230 g/mol. The van der Waals surface area contributed by atoms with E-state index in [0.29, 0.717) is 0 Å². The van der Waals surface area contributed by atoms with Crippen LogP contribution in [0.3, 0.4) is 0 Å². The number of rotatable bonds is 3. The Morgan fingerprint density at radius 1 is 1.00 bits per heavy atom. The SMILES string of the molecule is CC.CC.CCN1CCC(CN(C)C)CC1. The fourth-order valence-corrected chi connectivity index (χ4v) is 2.00. The van der Waals surface area contributed by atoms with Gasteiger partial charge in [0, 0.05) is 6.54 Å². The molecule has 2 heteroatoms. The minimum atomic E-state index is 0.947. The molecular weight excluding hydrogens is 196 g/mol. The first kappa shape index (κ1) is 18.3. The maximum atomic E-state index is 2.55. The molecule has 0 radical (unpaired) electrons. The molecule has 0 amide bonds. The average Bonchev–Trinajstić information content (AvgIpc) is 2.34. The van der Waals surface area contributed by atoms with E-state index >= 15 is 0 Å². The standard InChI is InChI=1S/C10H22N2.2C2H6/c1-4-12-7-5-10(6-8-12)9-11(2)3;2*1-2/h10H,4-9H2,1-3H3;2*1-2H3. The number of likely N-dealkylation sites (tertiary alicyclic amines) is 1. The number of hydrogen-bond donors (Lipinski definition) is 0. The lowest BCUT2D eigenvalue weighted by Crippen LogP contribution is -2.36. The smallest absolute Gasteiger partial charge is 0.000451 e. The molecule has 100 valence electrons. The van der Waals surface area contributed by atoms with Crippen LogP contribution in [0.5, 0.6) is 0 Å². The summed E-state index contributed by atoms with van der Waals surface area (Å²) in [6, 6.07) is 0. The summed E-state index contributed by atoms with van der Waals surface area (Å²) in [6.07, 6.45) is 2.79. The molecule has 0 unspecified atom stereocenters. The lowest BCUT2D eigenvalue weighted by molar-refractivity contribution is 0.169. The minimum absolute atomic E-state index is 0.947. The van der Waals surface area contributed by atoms with Gasteiger partial charge in [0.25, 0.3) is 0 Å². The van der Waals surface area contributed by atoms with Gasteiger partial charge in [-0.2, -0.15) is 0 Å². The molecule has 1 fully saturated rings. The van der Waals surface area contributed by atoms with E-state index in [1.807, 2.05) is 27.7 Å². The molecule has 1 heterocycles. The maximum Gasteiger partial charge on any atom is 0.000451 e. The van der Waals surface area contributed by atoms with Gasteiger partial charge in [-0.1, -0.05) is 34.6 Å². The van der Waals surface area contributed by atoms with Gasteiger partial charge in [-0.15, -0.1) is 0 Å². The highest BCUT2D eigenvalue weighted by Gasteiger charge is 2.17. The molecule has 1 aliphatic heterocycles. The second-order valence-corrected chi connectivity index (χ2v) is 4.14. The van der Waals surface area contributed by atoms with Crippen molar-refractivity contribution in [2.45, 2.75) is 47.5 Å². The summed E-state index contributed by atoms with van der Waals surface area (Å²) in [5.74, 6) is 0.947. The van der Waals surface area contributed by atoms with Crippen molar-refractivity contribution in [1.29, 1.82) is 0 Å². The predicted octanol–water partition coefficient (Wildman–Crippen LogP) is 3.33. The van der Waals surface area contributed by atoms with E-state index in [-0.39, 0.29) is 0 Å². The van der Waals surface area contributed by atoms with Crippen LogP contribution < -0.4 is 0 Å².